The first-order valence-corrected chi connectivity index (χ1v) is 6.41. The standard InChI is InChI=1S/C16H16N2O2/c1-19-12-7-8-14(15(9-12)20-2)18-10-11-5-3-4-6-13(11)16(18)17/h3-9,17H,10H2,1-2H3. The van der Waals surface area contributed by atoms with E-state index in [1.54, 1.807) is 14.2 Å². The zero-order valence-electron chi connectivity index (χ0n) is 11.5. The van der Waals surface area contributed by atoms with Gasteiger partial charge in [-0.3, -0.25) is 5.41 Å². The zero-order valence-corrected chi connectivity index (χ0v) is 11.5. The normalized spacial score (nSPS) is 13.3. The number of ether oxygens (including phenoxy) is 2. The van der Waals surface area contributed by atoms with E-state index < -0.39 is 0 Å². The highest BCUT2D eigenvalue weighted by atomic mass is 16.5. The van der Waals surface area contributed by atoms with Gasteiger partial charge in [-0.1, -0.05) is 24.3 Å². The number of amidine groups is 1. The van der Waals surface area contributed by atoms with E-state index >= 15 is 0 Å². The Morgan fingerprint density at radius 3 is 2.55 bits per heavy atom. The monoisotopic (exact) mass is 268 g/mol. The van der Waals surface area contributed by atoms with Gasteiger partial charge in [-0.25, -0.2) is 0 Å². The van der Waals surface area contributed by atoms with Crippen LogP contribution in [0.1, 0.15) is 11.1 Å². The summed E-state index contributed by atoms with van der Waals surface area (Å²) in [6.45, 7) is 0.692. The summed E-state index contributed by atoms with van der Waals surface area (Å²) in [7, 11) is 3.26. The maximum absolute atomic E-state index is 8.33. The van der Waals surface area contributed by atoms with Gasteiger partial charge in [-0.05, 0) is 17.7 Å². The predicted molar refractivity (Wildman–Crippen MR) is 79.0 cm³/mol. The fourth-order valence-corrected chi connectivity index (χ4v) is 2.50. The minimum absolute atomic E-state index is 0.504. The molecule has 0 saturated carbocycles. The van der Waals surface area contributed by atoms with Crippen LogP contribution in [0.15, 0.2) is 42.5 Å². The van der Waals surface area contributed by atoms with Crippen molar-refractivity contribution in [3.63, 3.8) is 0 Å². The lowest BCUT2D eigenvalue weighted by Gasteiger charge is -2.21. The molecule has 4 heteroatoms. The van der Waals surface area contributed by atoms with Crippen molar-refractivity contribution in [2.24, 2.45) is 0 Å². The summed E-state index contributed by atoms with van der Waals surface area (Å²) in [4.78, 5) is 1.95. The van der Waals surface area contributed by atoms with Gasteiger partial charge < -0.3 is 14.4 Å². The first-order chi connectivity index (χ1) is 9.74. The van der Waals surface area contributed by atoms with Crippen molar-refractivity contribution in [2.45, 2.75) is 6.54 Å². The molecule has 1 N–H and O–H groups in total. The molecule has 0 aliphatic carbocycles. The predicted octanol–water partition coefficient (Wildman–Crippen LogP) is 3.05. The Balaban J connectivity index is 2.02. The Morgan fingerprint density at radius 1 is 1.05 bits per heavy atom. The molecular weight excluding hydrogens is 252 g/mol. The Kier molecular flexibility index (Phi) is 3.06. The average Bonchev–Trinajstić information content (AvgIpc) is 2.84. The Morgan fingerprint density at radius 2 is 1.85 bits per heavy atom. The van der Waals surface area contributed by atoms with Gasteiger partial charge in [0.05, 0.1) is 26.5 Å². The van der Waals surface area contributed by atoms with E-state index in [1.165, 1.54) is 0 Å². The van der Waals surface area contributed by atoms with Gasteiger partial charge in [-0.15, -0.1) is 0 Å². The van der Waals surface area contributed by atoms with Crippen LogP contribution in [0.4, 0.5) is 5.69 Å². The quantitative estimate of drug-likeness (QED) is 0.930. The molecule has 2 aromatic rings. The Labute approximate surface area is 118 Å². The van der Waals surface area contributed by atoms with Crippen LogP contribution in [0.25, 0.3) is 0 Å². The van der Waals surface area contributed by atoms with Crippen molar-refractivity contribution in [2.75, 3.05) is 19.1 Å². The molecule has 1 heterocycles. The molecule has 2 aromatic carbocycles. The maximum Gasteiger partial charge on any atom is 0.146 e. The highest BCUT2D eigenvalue weighted by molar-refractivity contribution is 6.12. The molecule has 0 aromatic heterocycles. The fraction of sp³-hybridized carbons (Fsp3) is 0.188. The molecule has 1 aliphatic heterocycles. The van der Waals surface area contributed by atoms with Gasteiger partial charge in [0.1, 0.15) is 17.3 Å². The lowest BCUT2D eigenvalue weighted by atomic mass is 10.1. The third-order valence-corrected chi connectivity index (χ3v) is 3.55. The van der Waals surface area contributed by atoms with E-state index in [0.717, 1.165) is 22.6 Å². The highest BCUT2D eigenvalue weighted by Gasteiger charge is 2.26. The molecule has 0 unspecified atom stereocenters. The van der Waals surface area contributed by atoms with E-state index in [2.05, 4.69) is 6.07 Å². The first-order valence-electron chi connectivity index (χ1n) is 6.41. The molecule has 102 valence electrons. The van der Waals surface area contributed by atoms with Gasteiger partial charge >= 0.3 is 0 Å². The minimum Gasteiger partial charge on any atom is -0.497 e. The van der Waals surface area contributed by atoms with E-state index in [1.807, 2.05) is 41.3 Å². The van der Waals surface area contributed by atoms with E-state index in [4.69, 9.17) is 14.9 Å². The second-order valence-corrected chi connectivity index (χ2v) is 4.63. The third kappa shape index (κ3) is 1.90. The van der Waals surface area contributed by atoms with Crippen molar-refractivity contribution in [3.8, 4) is 11.5 Å². The minimum atomic E-state index is 0.504. The second-order valence-electron chi connectivity index (χ2n) is 4.63. The summed E-state index contributed by atoms with van der Waals surface area (Å²) in [6, 6.07) is 13.6. The number of fused-ring (bicyclic) bond motifs is 1. The molecular formula is C16H16N2O2. The van der Waals surface area contributed by atoms with Crippen LogP contribution in [0.3, 0.4) is 0 Å². The molecule has 3 rings (SSSR count). The summed E-state index contributed by atoms with van der Waals surface area (Å²) in [5.41, 5.74) is 3.02. The van der Waals surface area contributed by atoms with Crippen molar-refractivity contribution in [3.05, 3.63) is 53.6 Å². The topological polar surface area (TPSA) is 45.5 Å². The first kappa shape index (κ1) is 12.5. The summed E-state index contributed by atoms with van der Waals surface area (Å²) >= 11 is 0. The number of hydrogen-bond acceptors (Lipinski definition) is 3. The summed E-state index contributed by atoms with van der Waals surface area (Å²) < 4.78 is 10.6. The number of rotatable bonds is 3. The van der Waals surface area contributed by atoms with E-state index in [9.17, 15) is 0 Å². The van der Waals surface area contributed by atoms with Crippen LogP contribution in [0.2, 0.25) is 0 Å². The van der Waals surface area contributed by atoms with Crippen LogP contribution in [-0.2, 0) is 6.54 Å². The molecule has 0 amide bonds. The number of nitrogens with one attached hydrogen (secondary N) is 1. The third-order valence-electron chi connectivity index (χ3n) is 3.55. The van der Waals surface area contributed by atoms with Crippen LogP contribution in [-0.4, -0.2) is 20.1 Å². The van der Waals surface area contributed by atoms with Crippen molar-refractivity contribution >= 4 is 11.5 Å². The highest BCUT2D eigenvalue weighted by Crippen LogP contribution is 2.36. The molecule has 0 bridgehead atoms. The zero-order chi connectivity index (χ0) is 14.1. The lowest BCUT2D eigenvalue weighted by Crippen LogP contribution is -2.23. The SMILES string of the molecule is COc1ccc(N2Cc3ccccc3C2=N)c(OC)c1. The van der Waals surface area contributed by atoms with Gasteiger partial charge in [-0.2, -0.15) is 0 Å². The smallest absolute Gasteiger partial charge is 0.146 e. The van der Waals surface area contributed by atoms with Crippen molar-refractivity contribution < 1.29 is 9.47 Å². The van der Waals surface area contributed by atoms with Gasteiger partial charge in [0.25, 0.3) is 0 Å². The van der Waals surface area contributed by atoms with E-state index in [0.29, 0.717) is 18.1 Å². The van der Waals surface area contributed by atoms with Crippen molar-refractivity contribution in [1.29, 1.82) is 5.41 Å². The molecule has 0 radical (unpaired) electrons. The lowest BCUT2D eigenvalue weighted by molar-refractivity contribution is 0.395. The molecule has 0 saturated heterocycles. The summed E-state index contributed by atoms with van der Waals surface area (Å²) in [5.74, 6) is 1.96. The van der Waals surface area contributed by atoms with Crippen LogP contribution < -0.4 is 14.4 Å². The summed E-state index contributed by atoms with van der Waals surface area (Å²) in [6.07, 6.45) is 0. The van der Waals surface area contributed by atoms with Crippen molar-refractivity contribution in [1.82, 2.24) is 0 Å². The maximum atomic E-state index is 8.33. The second kappa shape index (κ2) is 4.89. The average molecular weight is 268 g/mol. The number of nitrogens with zero attached hydrogens (tertiary/aromatic N) is 1. The molecule has 4 nitrogen and oxygen atoms in total. The molecule has 1 aliphatic rings. The number of benzene rings is 2. The summed E-state index contributed by atoms with van der Waals surface area (Å²) in [5, 5.41) is 8.33. The number of hydrogen-bond donors (Lipinski definition) is 1. The molecule has 20 heavy (non-hydrogen) atoms. The number of anilines is 1. The molecule has 0 spiro atoms. The molecule has 0 fully saturated rings. The van der Waals surface area contributed by atoms with Crippen LogP contribution >= 0.6 is 0 Å². The van der Waals surface area contributed by atoms with Gasteiger partial charge in [0.2, 0.25) is 0 Å². The van der Waals surface area contributed by atoms with Crippen LogP contribution in [0, 0.1) is 5.41 Å². The van der Waals surface area contributed by atoms with Gasteiger partial charge in [0, 0.05) is 11.6 Å². The Bertz CT molecular complexity index is 667. The fourth-order valence-electron chi connectivity index (χ4n) is 2.50. The Hall–Kier alpha value is -2.49. The number of methoxy groups -OCH3 is 2. The van der Waals surface area contributed by atoms with Gasteiger partial charge in [0.15, 0.2) is 0 Å². The molecule has 0 atom stereocenters. The van der Waals surface area contributed by atoms with E-state index in [-0.39, 0.29) is 0 Å². The largest absolute Gasteiger partial charge is 0.497 e. The van der Waals surface area contributed by atoms with Crippen LogP contribution in [0.5, 0.6) is 11.5 Å².